The highest BCUT2D eigenvalue weighted by Gasteiger charge is 2.35. The summed E-state index contributed by atoms with van der Waals surface area (Å²) in [6.45, 7) is 5.90. The Kier molecular flexibility index (Phi) is 4.98. The standard InChI is InChI=1S/C16H22FNO4S/c1-16(2,3)22-15(19)18-10-8-12(9-11-18)23(20,21)14-7-5-4-6-13(14)17/h4-7,12H,8-11H2,1-3H3. The van der Waals surface area contributed by atoms with Crippen LogP contribution in [0.15, 0.2) is 29.2 Å². The molecule has 0 aliphatic carbocycles. The summed E-state index contributed by atoms with van der Waals surface area (Å²) in [5.41, 5.74) is -0.590. The van der Waals surface area contributed by atoms with E-state index in [1.807, 2.05) is 0 Å². The van der Waals surface area contributed by atoms with Gasteiger partial charge in [0.05, 0.1) is 5.25 Å². The lowest BCUT2D eigenvalue weighted by atomic mass is 10.1. The Morgan fingerprint density at radius 1 is 1.22 bits per heavy atom. The number of rotatable bonds is 2. The summed E-state index contributed by atoms with van der Waals surface area (Å²) >= 11 is 0. The van der Waals surface area contributed by atoms with Crippen molar-refractivity contribution < 1.29 is 22.3 Å². The second kappa shape index (κ2) is 6.47. The summed E-state index contributed by atoms with van der Waals surface area (Å²) in [5, 5.41) is -0.682. The van der Waals surface area contributed by atoms with Crippen LogP contribution < -0.4 is 0 Å². The van der Waals surface area contributed by atoms with E-state index in [1.165, 1.54) is 23.1 Å². The van der Waals surface area contributed by atoms with Gasteiger partial charge in [0.15, 0.2) is 9.84 Å². The number of hydrogen-bond acceptors (Lipinski definition) is 4. The molecule has 2 rings (SSSR count). The number of sulfone groups is 1. The molecule has 0 spiro atoms. The fourth-order valence-corrected chi connectivity index (χ4v) is 4.33. The van der Waals surface area contributed by atoms with Gasteiger partial charge in [-0.2, -0.15) is 0 Å². The lowest BCUT2D eigenvalue weighted by molar-refractivity contribution is 0.0217. The minimum atomic E-state index is -3.73. The summed E-state index contributed by atoms with van der Waals surface area (Å²) in [6.07, 6.45) is 0.102. The predicted molar refractivity (Wildman–Crippen MR) is 84.4 cm³/mol. The Morgan fingerprint density at radius 3 is 2.30 bits per heavy atom. The van der Waals surface area contributed by atoms with Crippen molar-refractivity contribution in [2.45, 2.75) is 49.4 Å². The second-order valence-corrected chi connectivity index (χ2v) is 8.84. The average molecular weight is 343 g/mol. The smallest absolute Gasteiger partial charge is 0.410 e. The van der Waals surface area contributed by atoms with Crippen molar-refractivity contribution in [1.29, 1.82) is 0 Å². The number of hydrogen-bond donors (Lipinski definition) is 0. The Hall–Kier alpha value is -1.63. The Morgan fingerprint density at radius 2 is 1.78 bits per heavy atom. The molecular weight excluding hydrogens is 321 g/mol. The Labute approximate surface area is 136 Å². The van der Waals surface area contributed by atoms with Crippen molar-refractivity contribution in [3.8, 4) is 0 Å². The number of carbonyl (C=O) groups is 1. The van der Waals surface area contributed by atoms with Gasteiger partial charge < -0.3 is 9.64 Å². The molecule has 0 aromatic heterocycles. The van der Waals surface area contributed by atoms with Gasteiger partial charge in [0.25, 0.3) is 0 Å². The van der Waals surface area contributed by atoms with E-state index in [-0.39, 0.29) is 30.8 Å². The molecule has 0 N–H and O–H groups in total. The van der Waals surface area contributed by atoms with E-state index < -0.39 is 32.6 Å². The van der Waals surface area contributed by atoms with Gasteiger partial charge in [0, 0.05) is 13.1 Å². The molecule has 128 valence electrons. The van der Waals surface area contributed by atoms with Gasteiger partial charge in [-0.1, -0.05) is 12.1 Å². The maximum atomic E-state index is 13.8. The van der Waals surface area contributed by atoms with Crippen LogP contribution in [-0.2, 0) is 14.6 Å². The minimum absolute atomic E-state index is 0.268. The van der Waals surface area contributed by atoms with E-state index in [9.17, 15) is 17.6 Å². The van der Waals surface area contributed by atoms with Crippen LogP contribution >= 0.6 is 0 Å². The maximum absolute atomic E-state index is 13.8. The first-order valence-corrected chi connectivity index (χ1v) is 9.12. The van der Waals surface area contributed by atoms with Gasteiger partial charge in [0.1, 0.15) is 16.3 Å². The summed E-state index contributed by atoms with van der Waals surface area (Å²) < 4.78 is 44.1. The van der Waals surface area contributed by atoms with Gasteiger partial charge >= 0.3 is 6.09 Å². The molecule has 23 heavy (non-hydrogen) atoms. The van der Waals surface area contributed by atoms with Gasteiger partial charge in [-0.25, -0.2) is 17.6 Å². The fourth-order valence-electron chi connectivity index (χ4n) is 2.53. The molecule has 1 aromatic carbocycles. The van der Waals surface area contributed by atoms with Gasteiger partial charge in [-0.3, -0.25) is 0 Å². The van der Waals surface area contributed by atoms with Crippen LogP contribution in [0.5, 0.6) is 0 Å². The molecule has 1 aliphatic heterocycles. The van der Waals surface area contributed by atoms with E-state index in [1.54, 1.807) is 20.8 Å². The Bertz CT molecular complexity index is 674. The van der Waals surface area contributed by atoms with Crippen LogP contribution in [0.3, 0.4) is 0 Å². The zero-order valence-corrected chi connectivity index (χ0v) is 14.4. The van der Waals surface area contributed by atoms with E-state index in [2.05, 4.69) is 0 Å². The van der Waals surface area contributed by atoms with Crippen molar-refractivity contribution in [1.82, 2.24) is 4.90 Å². The number of nitrogens with zero attached hydrogens (tertiary/aromatic N) is 1. The third-order valence-corrected chi connectivity index (χ3v) is 5.97. The molecule has 0 atom stereocenters. The van der Waals surface area contributed by atoms with Crippen LogP contribution in [0.25, 0.3) is 0 Å². The number of ether oxygens (including phenoxy) is 1. The first-order valence-electron chi connectivity index (χ1n) is 7.57. The van der Waals surface area contributed by atoms with Crippen LogP contribution in [0.4, 0.5) is 9.18 Å². The third-order valence-electron chi connectivity index (χ3n) is 3.68. The summed E-state index contributed by atoms with van der Waals surface area (Å²) in [5.74, 6) is -0.734. The van der Waals surface area contributed by atoms with Crippen LogP contribution in [0, 0.1) is 5.82 Å². The topological polar surface area (TPSA) is 63.7 Å². The molecule has 0 radical (unpaired) electrons. The molecule has 0 unspecified atom stereocenters. The third kappa shape index (κ3) is 4.22. The normalized spacial score (nSPS) is 17.1. The van der Waals surface area contributed by atoms with Crippen molar-refractivity contribution in [2.24, 2.45) is 0 Å². The SMILES string of the molecule is CC(C)(C)OC(=O)N1CCC(S(=O)(=O)c2ccccc2F)CC1. The molecular formula is C16H22FNO4S. The van der Waals surface area contributed by atoms with E-state index in [4.69, 9.17) is 4.74 Å². The van der Waals surface area contributed by atoms with E-state index in [0.29, 0.717) is 0 Å². The van der Waals surface area contributed by atoms with Crippen LogP contribution in [0.2, 0.25) is 0 Å². The number of piperidine rings is 1. The number of amides is 1. The molecule has 1 saturated heterocycles. The van der Waals surface area contributed by atoms with Gasteiger partial charge in [-0.15, -0.1) is 0 Å². The van der Waals surface area contributed by atoms with Crippen LogP contribution in [-0.4, -0.2) is 43.4 Å². The van der Waals surface area contributed by atoms with Crippen molar-refractivity contribution in [2.75, 3.05) is 13.1 Å². The summed E-state index contributed by atoms with van der Waals surface area (Å²) in [7, 11) is -3.73. The zero-order valence-electron chi connectivity index (χ0n) is 13.6. The fraction of sp³-hybridized carbons (Fsp3) is 0.562. The molecule has 0 saturated carbocycles. The van der Waals surface area contributed by atoms with Crippen molar-refractivity contribution in [3.05, 3.63) is 30.1 Å². The predicted octanol–water partition coefficient (Wildman–Crippen LogP) is 3.00. The average Bonchev–Trinajstić information content (AvgIpc) is 2.46. The van der Waals surface area contributed by atoms with Crippen molar-refractivity contribution >= 4 is 15.9 Å². The van der Waals surface area contributed by atoms with Crippen LogP contribution in [0.1, 0.15) is 33.6 Å². The second-order valence-electron chi connectivity index (χ2n) is 6.64. The minimum Gasteiger partial charge on any atom is -0.444 e. The zero-order chi connectivity index (χ0) is 17.3. The Balaban J connectivity index is 2.04. The molecule has 1 amide bonds. The lowest BCUT2D eigenvalue weighted by Gasteiger charge is -2.33. The number of likely N-dealkylation sites (tertiary alicyclic amines) is 1. The van der Waals surface area contributed by atoms with E-state index in [0.717, 1.165) is 6.07 Å². The summed E-state index contributed by atoms with van der Waals surface area (Å²) in [4.78, 5) is 13.2. The molecule has 5 nitrogen and oxygen atoms in total. The quantitative estimate of drug-likeness (QED) is 0.828. The largest absolute Gasteiger partial charge is 0.444 e. The molecule has 1 aromatic rings. The molecule has 7 heteroatoms. The molecule has 1 fully saturated rings. The molecule has 0 bridgehead atoms. The lowest BCUT2D eigenvalue weighted by Crippen LogP contribution is -2.44. The first kappa shape index (κ1) is 17.7. The first-order chi connectivity index (χ1) is 10.6. The van der Waals surface area contributed by atoms with Gasteiger partial charge in [-0.05, 0) is 45.7 Å². The monoisotopic (exact) mass is 343 g/mol. The van der Waals surface area contributed by atoms with E-state index >= 15 is 0 Å². The number of benzene rings is 1. The number of halogens is 1. The molecule has 1 heterocycles. The highest BCUT2D eigenvalue weighted by atomic mass is 32.2. The summed E-state index contributed by atoms with van der Waals surface area (Å²) in [6, 6.07) is 5.39. The highest BCUT2D eigenvalue weighted by Crippen LogP contribution is 2.27. The molecule has 1 aliphatic rings. The maximum Gasteiger partial charge on any atom is 0.410 e. The highest BCUT2D eigenvalue weighted by molar-refractivity contribution is 7.92. The van der Waals surface area contributed by atoms with Gasteiger partial charge in [0.2, 0.25) is 0 Å². The van der Waals surface area contributed by atoms with Crippen molar-refractivity contribution in [3.63, 3.8) is 0 Å². The number of carbonyl (C=O) groups excluding carboxylic acids is 1.